The highest BCUT2D eigenvalue weighted by molar-refractivity contribution is 5.23. The molecule has 1 aromatic heterocycles. The lowest BCUT2D eigenvalue weighted by molar-refractivity contribution is -0.208. The number of halogens is 3. The van der Waals surface area contributed by atoms with E-state index < -0.39 is 23.4 Å². The van der Waals surface area contributed by atoms with Crippen molar-refractivity contribution in [2.45, 2.75) is 32.0 Å². The molecule has 0 spiro atoms. The second kappa shape index (κ2) is 6.10. The van der Waals surface area contributed by atoms with Crippen LogP contribution in [-0.4, -0.2) is 22.5 Å². The van der Waals surface area contributed by atoms with E-state index in [1.54, 1.807) is 0 Å². The number of aliphatic hydroxyl groups excluding tert-OH is 1. The molecule has 0 saturated heterocycles. The molecule has 1 aromatic rings. The van der Waals surface area contributed by atoms with Gasteiger partial charge >= 0.3 is 6.18 Å². The van der Waals surface area contributed by atoms with Gasteiger partial charge in [-0.3, -0.25) is 4.79 Å². The number of unbranched alkanes of at least 4 members (excludes halogenated alkanes) is 1. The molecule has 1 atom stereocenters. The number of hydrogen-bond donors (Lipinski definition) is 1. The Kier molecular flexibility index (Phi) is 4.99. The maximum atomic E-state index is 12.4. The van der Waals surface area contributed by atoms with E-state index in [2.05, 4.69) is 0 Å². The van der Waals surface area contributed by atoms with Crippen molar-refractivity contribution in [3.05, 3.63) is 28.2 Å². The highest BCUT2D eigenvalue weighted by Gasteiger charge is 2.40. The monoisotopic (exact) mass is 279 g/mol. The highest BCUT2D eigenvalue weighted by atomic mass is 19.4. The molecule has 1 rings (SSSR count). The molecular formula is C12H16F3NO3. The fourth-order valence-electron chi connectivity index (χ4n) is 1.50. The normalized spacial score (nSPS) is 13.4. The van der Waals surface area contributed by atoms with Gasteiger partial charge in [0.25, 0.3) is 0 Å². The molecule has 7 heteroatoms. The Morgan fingerprint density at radius 2 is 2.11 bits per heavy atom. The summed E-state index contributed by atoms with van der Waals surface area (Å²) in [7, 11) is 1.32. The molecule has 0 saturated carbocycles. The molecule has 0 radical (unpaired) electrons. The maximum absolute atomic E-state index is 12.4. The number of pyridine rings is 1. The molecule has 108 valence electrons. The number of rotatable bonds is 5. The van der Waals surface area contributed by atoms with Crippen LogP contribution < -0.4 is 10.2 Å². The molecule has 0 bridgehead atoms. The van der Waals surface area contributed by atoms with Crippen molar-refractivity contribution < 1.29 is 23.0 Å². The van der Waals surface area contributed by atoms with Crippen LogP contribution in [0.25, 0.3) is 0 Å². The van der Waals surface area contributed by atoms with Crippen LogP contribution >= 0.6 is 0 Å². The average molecular weight is 279 g/mol. The van der Waals surface area contributed by atoms with Gasteiger partial charge < -0.3 is 14.4 Å². The van der Waals surface area contributed by atoms with E-state index in [1.807, 2.05) is 6.92 Å². The summed E-state index contributed by atoms with van der Waals surface area (Å²) in [6.45, 7) is 2.27. The molecule has 0 aliphatic rings. The Hall–Kier alpha value is -1.50. The zero-order valence-corrected chi connectivity index (χ0v) is 10.7. The topological polar surface area (TPSA) is 51.5 Å². The van der Waals surface area contributed by atoms with Gasteiger partial charge in [0, 0.05) is 13.1 Å². The summed E-state index contributed by atoms with van der Waals surface area (Å²) < 4.78 is 43.4. The molecule has 0 aromatic carbocycles. The largest absolute Gasteiger partial charge is 0.488 e. The van der Waals surface area contributed by atoms with Crippen molar-refractivity contribution >= 4 is 0 Å². The van der Waals surface area contributed by atoms with Gasteiger partial charge in [0.2, 0.25) is 5.43 Å². The number of alkyl halides is 3. The van der Waals surface area contributed by atoms with Crippen LogP contribution in [0.3, 0.4) is 0 Å². The first-order chi connectivity index (χ1) is 8.77. The quantitative estimate of drug-likeness (QED) is 0.840. The van der Waals surface area contributed by atoms with Gasteiger partial charge in [-0.15, -0.1) is 0 Å². The molecule has 0 amide bonds. The molecular weight excluding hydrogens is 263 g/mol. The van der Waals surface area contributed by atoms with Gasteiger partial charge in [-0.1, -0.05) is 13.3 Å². The molecule has 1 N–H and O–H groups in total. The second-order valence-corrected chi connectivity index (χ2v) is 4.18. The van der Waals surface area contributed by atoms with E-state index in [0.717, 1.165) is 29.7 Å². The SMILES string of the molecule is CCCCOc1cn(C)c(C(O)C(F)(F)F)cc1=O. The van der Waals surface area contributed by atoms with Crippen molar-refractivity contribution in [3.8, 4) is 5.75 Å². The summed E-state index contributed by atoms with van der Waals surface area (Å²) in [5.41, 5.74) is -1.19. The van der Waals surface area contributed by atoms with E-state index >= 15 is 0 Å². The van der Waals surface area contributed by atoms with Crippen molar-refractivity contribution in [1.82, 2.24) is 4.57 Å². The van der Waals surface area contributed by atoms with Crippen LogP contribution in [-0.2, 0) is 7.05 Å². The van der Waals surface area contributed by atoms with E-state index in [9.17, 15) is 18.0 Å². The fourth-order valence-corrected chi connectivity index (χ4v) is 1.50. The van der Waals surface area contributed by atoms with Gasteiger partial charge in [0.05, 0.1) is 18.5 Å². The second-order valence-electron chi connectivity index (χ2n) is 4.18. The van der Waals surface area contributed by atoms with Gasteiger partial charge in [-0.2, -0.15) is 13.2 Å². The van der Waals surface area contributed by atoms with E-state index in [4.69, 9.17) is 9.84 Å². The predicted molar refractivity (Wildman–Crippen MR) is 63.1 cm³/mol. The Morgan fingerprint density at radius 3 is 2.63 bits per heavy atom. The van der Waals surface area contributed by atoms with Crippen molar-refractivity contribution in [3.63, 3.8) is 0 Å². The minimum absolute atomic E-state index is 0.0194. The maximum Gasteiger partial charge on any atom is 0.420 e. The first-order valence-corrected chi connectivity index (χ1v) is 5.85. The van der Waals surface area contributed by atoms with Gasteiger partial charge in [-0.05, 0) is 6.42 Å². The summed E-state index contributed by atoms with van der Waals surface area (Å²) in [6, 6.07) is 0.749. The smallest absolute Gasteiger partial charge is 0.420 e. The summed E-state index contributed by atoms with van der Waals surface area (Å²) in [5, 5.41) is 9.14. The Labute approximate surface area is 108 Å². The molecule has 4 nitrogen and oxygen atoms in total. The molecule has 0 fully saturated rings. The third-order valence-corrected chi connectivity index (χ3v) is 2.59. The van der Waals surface area contributed by atoms with Gasteiger partial charge in [0.1, 0.15) is 0 Å². The minimum Gasteiger partial charge on any atom is -0.488 e. The van der Waals surface area contributed by atoms with E-state index in [1.165, 1.54) is 7.05 Å². The third kappa shape index (κ3) is 3.99. The Balaban J connectivity index is 3.00. The number of ether oxygens (including phenoxy) is 1. The summed E-state index contributed by atoms with van der Waals surface area (Å²) in [4.78, 5) is 11.6. The molecule has 0 aliphatic carbocycles. The van der Waals surface area contributed by atoms with E-state index in [-0.39, 0.29) is 5.75 Å². The summed E-state index contributed by atoms with van der Waals surface area (Å²) in [6.07, 6.45) is -4.71. The van der Waals surface area contributed by atoms with Crippen molar-refractivity contribution in [2.24, 2.45) is 7.05 Å². The minimum atomic E-state index is -4.81. The van der Waals surface area contributed by atoms with Crippen LogP contribution in [0.4, 0.5) is 13.2 Å². The van der Waals surface area contributed by atoms with Crippen LogP contribution in [0.5, 0.6) is 5.75 Å². The lowest BCUT2D eigenvalue weighted by Crippen LogP contribution is -2.25. The first-order valence-electron chi connectivity index (χ1n) is 5.85. The number of nitrogens with zero attached hydrogens (tertiary/aromatic N) is 1. The summed E-state index contributed by atoms with van der Waals surface area (Å²) >= 11 is 0. The summed E-state index contributed by atoms with van der Waals surface area (Å²) in [5.74, 6) is -0.0194. The first kappa shape index (κ1) is 15.6. The molecule has 0 aliphatic heterocycles. The highest BCUT2D eigenvalue weighted by Crippen LogP contribution is 2.31. The zero-order valence-electron chi connectivity index (χ0n) is 10.7. The molecule has 1 unspecified atom stereocenters. The number of aliphatic hydroxyl groups is 1. The standard InChI is InChI=1S/C12H16F3NO3/c1-3-4-5-19-10-7-16(2)8(6-9(10)17)11(18)12(13,14)15/h6-7,11,18H,3-5H2,1-2H3. The van der Waals surface area contributed by atoms with Crippen molar-refractivity contribution in [1.29, 1.82) is 0 Å². The van der Waals surface area contributed by atoms with Gasteiger partial charge in [0.15, 0.2) is 11.9 Å². The van der Waals surface area contributed by atoms with Crippen LogP contribution in [0.1, 0.15) is 31.6 Å². The molecule has 1 heterocycles. The lowest BCUT2D eigenvalue weighted by Gasteiger charge is -2.18. The number of hydrogen-bond acceptors (Lipinski definition) is 3. The van der Waals surface area contributed by atoms with Crippen molar-refractivity contribution in [2.75, 3.05) is 6.61 Å². The number of aryl methyl sites for hydroxylation is 1. The van der Waals surface area contributed by atoms with E-state index in [0.29, 0.717) is 6.61 Å². The third-order valence-electron chi connectivity index (χ3n) is 2.59. The fraction of sp³-hybridized carbons (Fsp3) is 0.583. The van der Waals surface area contributed by atoms with Gasteiger partial charge in [-0.25, -0.2) is 0 Å². The van der Waals surface area contributed by atoms with Crippen LogP contribution in [0.2, 0.25) is 0 Å². The Bertz CT molecular complexity index is 482. The predicted octanol–water partition coefficient (Wildman–Crippen LogP) is 2.16. The number of aromatic nitrogens is 1. The Morgan fingerprint density at radius 1 is 1.47 bits per heavy atom. The molecule has 19 heavy (non-hydrogen) atoms. The average Bonchev–Trinajstić information content (AvgIpc) is 2.31. The zero-order chi connectivity index (χ0) is 14.6. The van der Waals surface area contributed by atoms with Crippen LogP contribution in [0, 0.1) is 0 Å². The lowest BCUT2D eigenvalue weighted by atomic mass is 10.2. The van der Waals surface area contributed by atoms with Crippen LogP contribution in [0.15, 0.2) is 17.1 Å².